The number of hydrogen-bond donors (Lipinski definition) is 0. The molecule has 0 aromatic heterocycles. The number of ether oxygens (including phenoxy) is 2. The molecule has 0 aliphatic heterocycles. The number of unbranched alkanes of at least 4 members (excludes halogenated alkanes) is 8. The van der Waals surface area contributed by atoms with Crippen LogP contribution in [0.25, 0.3) is 0 Å². The molecule has 1 rings (SSSR count). The lowest BCUT2D eigenvalue weighted by atomic mass is 10.1. The Labute approximate surface area is 143 Å². The Morgan fingerprint density at radius 2 is 1.50 bits per heavy atom. The molecule has 6 heteroatoms. The Kier molecular flexibility index (Phi) is 10.2. The maximum Gasteiger partial charge on any atom is 0.513 e. The summed E-state index contributed by atoms with van der Waals surface area (Å²) in [7, 11) is 0. The van der Waals surface area contributed by atoms with Crippen molar-refractivity contribution in [2.45, 2.75) is 64.7 Å². The minimum absolute atomic E-state index is 0.0505. The maximum atomic E-state index is 11.5. The molecular weight excluding hydrogens is 310 g/mol. The lowest BCUT2D eigenvalue weighted by Gasteiger charge is -2.06. The Hall–Kier alpha value is -2.11. The second-order valence-corrected chi connectivity index (χ2v) is 5.78. The number of nitro groups is 1. The quantitative estimate of drug-likeness (QED) is 0.162. The first-order chi connectivity index (χ1) is 11.6. The van der Waals surface area contributed by atoms with Gasteiger partial charge in [0.1, 0.15) is 5.75 Å². The van der Waals surface area contributed by atoms with Crippen LogP contribution in [-0.2, 0) is 4.74 Å². The largest absolute Gasteiger partial charge is 0.513 e. The summed E-state index contributed by atoms with van der Waals surface area (Å²) in [5.74, 6) is 0.234. The number of non-ortho nitro benzene ring substituents is 1. The molecule has 0 heterocycles. The topological polar surface area (TPSA) is 78.7 Å². The van der Waals surface area contributed by atoms with Crippen LogP contribution in [0.15, 0.2) is 24.3 Å². The average Bonchev–Trinajstić information content (AvgIpc) is 2.57. The van der Waals surface area contributed by atoms with Gasteiger partial charge in [-0.05, 0) is 18.6 Å². The Bertz CT molecular complexity index is 487. The Balaban J connectivity index is 2.03. The molecule has 134 valence electrons. The molecule has 0 unspecified atom stereocenters. The smallest absolute Gasteiger partial charge is 0.434 e. The highest BCUT2D eigenvalue weighted by molar-refractivity contribution is 5.63. The number of carbonyl (C=O) groups excluding carboxylic acids is 1. The number of carbonyl (C=O) groups is 1. The van der Waals surface area contributed by atoms with Gasteiger partial charge in [-0.15, -0.1) is 0 Å². The van der Waals surface area contributed by atoms with E-state index >= 15 is 0 Å². The molecule has 0 saturated carbocycles. The van der Waals surface area contributed by atoms with Gasteiger partial charge in [-0.2, -0.15) is 0 Å². The van der Waals surface area contributed by atoms with Crippen LogP contribution in [0.4, 0.5) is 10.5 Å². The van der Waals surface area contributed by atoms with E-state index in [2.05, 4.69) is 6.92 Å². The van der Waals surface area contributed by atoms with Crippen LogP contribution in [0.5, 0.6) is 5.75 Å². The highest BCUT2D eigenvalue weighted by Gasteiger charge is 2.08. The van der Waals surface area contributed by atoms with Crippen molar-refractivity contribution in [2.75, 3.05) is 6.61 Å². The van der Waals surface area contributed by atoms with Crippen LogP contribution in [0.3, 0.4) is 0 Å². The van der Waals surface area contributed by atoms with Gasteiger partial charge in [0.25, 0.3) is 5.69 Å². The highest BCUT2D eigenvalue weighted by Crippen LogP contribution is 2.17. The molecule has 0 N–H and O–H groups in total. The maximum absolute atomic E-state index is 11.5. The lowest BCUT2D eigenvalue weighted by molar-refractivity contribution is -0.384. The molecule has 0 aliphatic carbocycles. The third kappa shape index (κ3) is 9.12. The standard InChI is InChI=1S/C18H27NO5/c1-2-3-4-5-6-7-8-9-10-15-23-18(20)24-17-13-11-16(12-14-17)19(21)22/h11-14H,2-10,15H2,1H3. The first kappa shape index (κ1) is 19.9. The molecule has 0 atom stereocenters. The number of rotatable bonds is 12. The number of nitro benzene ring substituents is 1. The molecule has 1 aromatic rings. The van der Waals surface area contributed by atoms with Crippen molar-refractivity contribution < 1.29 is 19.2 Å². The summed E-state index contributed by atoms with van der Waals surface area (Å²) >= 11 is 0. The molecule has 0 amide bonds. The predicted octanol–water partition coefficient (Wildman–Crippen LogP) is 5.64. The fourth-order valence-electron chi connectivity index (χ4n) is 2.33. The van der Waals surface area contributed by atoms with E-state index in [-0.39, 0.29) is 11.4 Å². The molecule has 0 bridgehead atoms. The summed E-state index contributed by atoms with van der Waals surface area (Å²) in [5, 5.41) is 10.5. The molecule has 1 aromatic carbocycles. The molecule has 24 heavy (non-hydrogen) atoms. The molecule has 0 saturated heterocycles. The van der Waals surface area contributed by atoms with Gasteiger partial charge in [0, 0.05) is 12.1 Å². The van der Waals surface area contributed by atoms with E-state index in [0.717, 1.165) is 19.3 Å². The fraction of sp³-hybridized carbons (Fsp3) is 0.611. The summed E-state index contributed by atoms with van der Waals surface area (Å²) in [4.78, 5) is 21.5. The van der Waals surface area contributed by atoms with E-state index < -0.39 is 11.1 Å². The van der Waals surface area contributed by atoms with E-state index in [1.807, 2.05) is 0 Å². The molecule has 0 radical (unpaired) electrons. The Morgan fingerprint density at radius 1 is 0.958 bits per heavy atom. The van der Waals surface area contributed by atoms with Gasteiger partial charge in [-0.3, -0.25) is 10.1 Å². The van der Waals surface area contributed by atoms with Crippen molar-refractivity contribution in [1.82, 2.24) is 0 Å². The molecule has 0 fully saturated rings. The third-order valence-corrected chi connectivity index (χ3v) is 3.72. The monoisotopic (exact) mass is 337 g/mol. The first-order valence-corrected chi connectivity index (χ1v) is 8.72. The van der Waals surface area contributed by atoms with Crippen molar-refractivity contribution in [3.63, 3.8) is 0 Å². The van der Waals surface area contributed by atoms with Gasteiger partial charge >= 0.3 is 6.16 Å². The predicted molar refractivity (Wildman–Crippen MR) is 92.3 cm³/mol. The second kappa shape index (κ2) is 12.3. The number of nitrogens with zero attached hydrogens (tertiary/aromatic N) is 1. The van der Waals surface area contributed by atoms with Crippen LogP contribution < -0.4 is 4.74 Å². The van der Waals surface area contributed by atoms with E-state index in [4.69, 9.17) is 9.47 Å². The van der Waals surface area contributed by atoms with E-state index in [1.165, 1.54) is 62.8 Å². The highest BCUT2D eigenvalue weighted by atomic mass is 16.7. The minimum atomic E-state index is -0.775. The van der Waals surface area contributed by atoms with Crippen LogP contribution in [0, 0.1) is 10.1 Å². The van der Waals surface area contributed by atoms with Gasteiger partial charge in [0.15, 0.2) is 0 Å². The fourth-order valence-corrected chi connectivity index (χ4v) is 2.33. The summed E-state index contributed by atoms with van der Waals surface area (Å²) in [6.45, 7) is 2.55. The second-order valence-electron chi connectivity index (χ2n) is 5.78. The third-order valence-electron chi connectivity index (χ3n) is 3.72. The van der Waals surface area contributed by atoms with Crippen molar-refractivity contribution in [1.29, 1.82) is 0 Å². The van der Waals surface area contributed by atoms with Gasteiger partial charge in [-0.1, -0.05) is 58.3 Å². The van der Waals surface area contributed by atoms with Gasteiger partial charge in [-0.25, -0.2) is 4.79 Å². The van der Waals surface area contributed by atoms with Crippen molar-refractivity contribution >= 4 is 11.8 Å². The lowest BCUT2D eigenvalue weighted by Crippen LogP contribution is -2.11. The van der Waals surface area contributed by atoms with Gasteiger partial charge in [0.05, 0.1) is 11.5 Å². The zero-order valence-corrected chi connectivity index (χ0v) is 14.4. The molecule has 0 spiro atoms. The van der Waals surface area contributed by atoms with Crippen molar-refractivity contribution in [3.8, 4) is 5.75 Å². The zero-order chi connectivity index (χ0) is 17.6. The summed E-state index contributed by atoms with van der Waals surface area (Å²) in [6, 6.07) is 5.31. The summed E-state index contributed by atoms with van der Waals surface area (Å²) in [6.07, 6.45) is 10.00. The molecular formula is C18H27NO5. The molecule has 6 nitrogen and oxygen atoms in total. The van der Waals surface area contributed by atoms with Crippen LogP contribution >= 0.6 is 0 Å². The van der Waals surface area contributed by atoms with Gasteiger partial charge < -0.3 is 9.47 Å². The van der Waals surface area contributed by atoms with Crippen molar-refractivity contribution in [3.05, 3.63) is 34.4 Å². The van der Waals surface area contributed by atoms with Crippen LogP contribution in [0.2, 0.25) is 0 Å². The Morgan fingerprint density at radius 3 is 2.04 bits per heavy atom. The van der Waals surface area contributed by atoms with E-state index in [0.29, 0.717) is 6.61 Å². The SMILES string of the molecule is CCCCCCCCCCCOC(=O)Oc1ccc([N+](=O)[O-])cc1. The van der Waals surface area contributed by atoms with Crippen LogP contribution in [-0.4, -0.2) is 17.7 Å². The number of benzene rings is 1. The normalized spacial score (nSPS) is 10.4. The van der Waals surface area contributed by atoms with Crippen LogP contribution in [0.1, 0.15) is 64.7 Å². The van der Waals surface area contributed by atoms with Gasteiger partial charge in [0.2, 0.25) is 0 Å². The minimum Gasteiger partial charge on any atom is -0.434 e. The van der Waals surface area contributed by atoms with Crippen molar-refractivity contribution in [2.24, 2.45) is 0 Å². The average molecular weight is 337 g/mol. The number of hydrogen-bond acceptors (Lipinski definition) is 5. The van der Waals surface area contributed by atoms with E-state index in [9.17, 15) is 14.9 Å². The zero-order valence-electron chi connectivity index (χ0n) is 14.4. The van der Waals surface area contributed by atoms with E-state index in [1.54, 1.807) is 0 Å². The first-order valence-electron chi connectivity index (χ1n) is 8.72. The summed E-state index contributed by atoms with van der Waals surface area (Å²) < 4.78 is 9.94. The summed E-state index contributed by atoms with van der Waals surface area (Å²) in [5.41, 5.74) is -0.0505. The molecule has 0 aliphatic rings.